The monoisotopic (exact) mass is 527 g/mol. The summed E-state index contributed by atoms with van der Waals surface area (Å²) in [5, 5.41) is 12.5. The van der Waals surface area contributed by atoms with E-state index in [0.717, 1.165) is 49.4 Å². The van der Waals surface area contributed by atoms with Crippen LogP contribution in [0, 0.1) is 6.92 Å². The molecule has 0 saturated carbocycles. The van der Waals surface area contributed by atoms with Crippen molar-refractivity contribution in [3.8, 4) is 33.1 Å². The van der Waals surface area contributed by atoms with Crippen molar-refractivity contribution in [1.82, 2.24) is 30.1 Å². The van der Waals surface area contributed by atoms with E-state index in [1.54, 1.807) is 42.1 Å². The van der Waals surface area contributed by atoms with E-state index in [0.29, 0.717) is 16.9 Å². The second-order valence-electron chi connectivity index (χ2n) is 9.19. The van der Waals surface area contributed by atoms with E-state index in [-0.39, 0.29) is 5.91 Å². The molecule has 3 N–H and O–H groups in total. The van der Waals surface area contributed by atoms with Gasteiger partial charge in [0.2, 0.25) is 0 Å². The third kappa shape index (κ3) is 4.24. The van der Waals surface area contributed by atoms with Crippen molar-refractivity contribution < 1.29 is 4.79 Å². The molecule has 6 aromatic heterocycles. The third-order valence-electron chi connectivity index (χ3n) is 6.56. The molecule has 0 bridgehead atoms. The number of rotatable bonds is 5. The zero-order valence-electron chi connectivity index (χ0n) is 20.8. The van der Waals surface area contributed by atoms with Gasteiger partial charge in [-0.25, -0.2) is 4.98 Å². The van der Waals surface area contributed by atoms with Crippen LogP contribution in [-0.4, -0.2) is 36.0 Å². The highest BCUT2D eigenvalue weighted by Gasteiger charge is 2.16. The Balaban J connectivity index is 1.25. The first-order chi connectivity index (χ1) is 19.1. The molecule has 0 saturated heterocycles. The van der Waals surface area contributed by atoms with E-state index >= 15 is 0 Å². The van der Waals surface area contributed by atoms with Gasteiger partial charge in [0.15, 0.2) is 5.65 Å². The summed E-state index contributed by atoms with van der Waals surface area (Å²) in [5.41, 5.74) is 7.15. The topological polar surface area (TPSA) is 112 Å². The molecule has 0 atom stereocenters. The van der Waals surface area contributed by atoms with Crippen LogP contribution in [0.3, 0.4) is 0 Å². The number of carbonyl (C=O) groups is 1. The number of pyridine rings is 3. The number of aromatic nitrogens is 6. The summed E-state index contributed by atoms with van der Waals surface area (Å²) in [6.45, 7) is 2.10. The normalized spacial score (nSPS) is 11.3. The van der Waals surface area contributed by atoms with E-state index in [4.69, 9.17) is 0 Å². The number of H-pyrrole nitrogens is 2. The molecule has 8 nitrogen and oxygen atoms in total. The van der Waals surface area contributed by atoms with Crippen molar-refractivity contribution in [1.29, 1.82) is 0 Å². The highest BCUT2D eigenvalue weighted by molar-refractivity contribution is 7.15. The number of carbonyl (C=O) groups excluding carboxylic acids is 1. The van der Waals surface area contributed by atoms with Gasteiger partial charge in [-0.3, -0.25) is 19.9 Å². The number of hydrogen-bond acceptors (Lipinski definition) is 6. The van der Waals surface area contributed by atoms with Gasteiger partial charge in [-0.1, -0.05) is 18.2 Å². The molecule has 1 amide bonds. The Labute approximate surface area is 226 Å². The lowest BCUT2D eigenvalue weighted by atomic mass is 10.1. The van der Waals surface area contributed by atoms with Gasteiger partial charge in [-0.2, -0.15) is 5.10 Å². The van der Waals surface area contributed by atoms with Gasteiger partial charge in [-0.15, -0.1) is 11.3 Å². The van der Waals surface area contributed by atoms with E-state index in [1.165, 1.54) is 4.88 Å². The van der Waals surface area contributed by atoms with Gasteiger partial charge in [0.05, 0.1) is 28.1 Å². The zero-order chi connectivity index (χ0) is 26.3. The lowest BCUT2D eigenvalue weighted by Gasteiger charge is -2.07. The van der Waals surface area contributed by atoms with Crippen molar-refractivity contribution in [2.24, 2.45) is 0 Å². The number of thiophene rings is 1. The number of hydrogen-bond donors (Lipinski definition) is 3. The van der Waals surface area contributed by atoms with E-state index in [2.05, 4.69) is 60.6 Å². The van der Waals surface area contributed by atoms with Crippen LogP contribution in [0.2, 0.25) is 0 Å². The highest BCUT2D eigenvalue weighted by atomic mass is 32.1. The number of aromatic amines is 2. The van der Waals surface area contributed by atoms with Crippen LogP contribution >= 0.6 is 11.3 Å². The molecule has 39 heavy (non-hydrogen) atoms. The second-order valence-corrected chi connectivity index (χ2v) is 10.5. The molecule has 188 valence electrons. The van der Waals surface area contributed by atoms with E-state index in [9.17, 15) is 4.79 Å². The van der Waals surface area contributed by atoms with Crippen molar-refractivity contribution in [3.63, 3.8) is 0 Å². The quantitative estimate of drug-likeness (QED) is 0.227. The fourth-order valence-corrected chi connectivity index (χ4v) is 5.54. The summed E-state index contributed by atoms with van der Waals surface area (Å²) in [6, 6.07) is 21.3. The Bertz CT molecular complexity index is 1990. The maximum atomic E-state index is 12.6. The average molecular weight is 528 g/mol. The van der Waals surface area contributed by atoms with Crippen LogP contribution in [0.25, 0.3) is 55.0 Å². The lowest BCUT2D eigenvalue weighted by Crippen LogP contribution is -2.11. The predicted octanol–water partition coefficient (Wildman–Crippen LogP) is 6.85. The standard InChI is InChI=1S/C30H21N7OS/c1-17-7-8-26(39-17)28-22-13-25(35-24(22)9-10-32-28)27-23-12-20(15-33-29(23)37-36-27)19-11-21(16-31-14-19)34-30(38)18-5-3-2-4-6-18/h2-16,35H,1H3,(H,34,38)(H,33,36,37). The summed E-state index contributed by atoms with van der Waals surface area (Å²) >= 11 is 1.73. The van der Waals surface area contributed by atoms with Gasteiger partial charge in [-0.05, 0) is 55.5 Å². The highest BCUT2D eigenvalue weighted by Crippen LogP contribution is 2.36. The second kappa shape index (κ2) is 9.30. The van der Waals surface area contributed by atoms with Crippen LogP contribution in [-0.2, 0) is 0 Å². The van der Waals surface area contributed by atoms with Gasteiger partial charge in [0.25, 0.3) is 5.91 Å². The smallest absolute Gasteiger partial charge is 0.255 e. The maximum absolute atomic E-state index is 12.6. The molecular formula is C30H21N7OS. The molecule has 0 unspecified atom stereocenters. The number of nitrogens with one attached hydrogen (secondary N) is 3. The molecule has 0 aliphatic rings. The summed E-state index contributed by atoms with van der Waals surface area (Å²) in [7, 11) is 0. The number of aryl methyl sites for hydroxylation is 1. The zero-order valence-corrected chi connectivity index (χ0v) is 21.6. The SMILES string of the molecule is Cc1ccc(-c2nccc3[nH]c(-c4n[nH]c5ncc(-c6cncc(NC(=O)c7ccccc7)c6)cc45)cc23)s1. The van der Waals surface area contributed by atoms with E-state index < -0.39 is 0 Å². The first kappa shape index (κ1) is 23.0. The fourth-order valence-electron chi connectivity index (χ4n) is 4.67. The predicted molar refractivity (Wildman–Crippen MR) is 155 cm³/mol. The summed E-state index contributed by atoms with van der Waals surface area (Å²) in [6.07, 6.45) is 6.98. The largest absolute Gasteiger partial charge is 0.353 e. The number of nitrogens with zero attached hydrogens (tertiary/aromatic N) is 4. The third-order valence-corrected chi connectivity index (χ3v) is 7.57. The van der Waals surface area contributed by atoms with Crippen molar-refractivity contribution in [2.75, 3.05) is 5.32 Å². The van der Waals surface area contributed by atoms with Crippen molar-refractivity contribution in [2.45, 2.75) is 6.92 Å². The summed E-state index contributed by atoms with van der Waals surface area (Å²) in [4.78, 5) is 32.1. The first-order valence-electron chi connectivity index (χ1n) is 12.3. The molecular weight excluding hydrogens is 506 g/mol. The first-order valence-corrected chi connectivity index (χ1v) is 13.1. The van der Waals surface area contributed by atoms with Crippen LogP contribution in [0.5, 0.6) is 0 Å². The van der Waals surface area contributed by atoms with Gasteiger partial charge >= 0.3 is 0 Å². The molecule has 7 aromatic rings. The molecule has 0 aliphatic carbocycles. The van der Waals surface area contributed by atoms with Crippen LogP contribution in [0.4, 0.5) is 5.69 Å². The Morgan fingerprint density at radius 2 is 1.74 bits per heavy atom. The maximum Gasteiger partial charge on any atom is 0.255 e. The summed E-state index contributed by atoms with van der Waals surface area (Å²) < 4.78 is 0. The summed E-state index contributed by atoms with van der Waals surface area (Å²) in [5.74, 6) is -0.189. The minimum absolute atomic E-state index is 0.189. The number of fused-ring (bicyclic) bond motifs is 2. The molecule has 9 heteroatoms. The van der Waals surface area contributed by atoms with Crippen molar-refractivity contribution in [3.05, 3.63) is 102 Å². The van der Waals surface area contributed by atoms with Crippen molar-refractivity contribution >= 4 is 44.9 Å². The Morgan fingerprint density at radius 1 is 0.872 bits per heavy atom. The Hall–Kier alpha value is -5.15. The Morgan fingerprint density at radius 3 is 2.59 bits per heavy atom. The number of benzene rings is 1. The van der Waals surface area contributed by atoms with Crippen LogP contribution < -0.4 is 5.32 Å². The van der Waals surface area contributed by atoms with Crippen LogP contribution in [0.1, 0.15) is 15.2 Å². The van der Waals surface area contributed by atoms with Gasteiger partial charge < -0.3 is 10.3 Å². The van der Waals surface area contributed by atoms with Gasteiger partial charge in [0.1, 0.15) is 5.69 Å². The molecule has 0 fully saturated rings. The minimum atomic E-state index is -0.189. The number of amides is 1. The van der Waals surface area contributed by atoms with E-state index in [1.807, 2.05) is 42.6 Å². The molecule has 7 rings (SSSR count). The van der Waals surface area contributed by atoms with Crippen LogP contribution in [0.15, 0.2) is 91.5 Å². The Kier molecular flexibility index (Phi) is 5.49. The molecule has 0 aliphatic heterocycles. The molecule has 1 aromatic carbocycles. The number of anilines is 1. The molecule has 6 heterocycles. The van der Waals surface area contributed by atoms with Gasteiger partial charge in [0, 0.05) is 56.4 Å². The fraction of sp³-hybridized carbons (Fsp3) is 0.0333. The average Bonchev–Trinajstić information content (AvgIpc) is 3.71. The molecule has 0 spiro atoms. The lowest BCUT2D eigenvalue weighted by molar-refractivity contribution is 0.102. The minimum Gasteiger partial charge on any atom is -0.353 e. The molecule has 0 radical (unpaired) electrons.